The van der Waals surface area contributed by atoms with Crippen LogP contribution in [0.15, 0.2) is 11.1 Å². The molecule has 7 heteroatoms. The van der Waals surface area contributed by atoms with Gasteiger partial charge in [-0.1, -0.05) is 31.5 Å². The van der Waals surface area contributed by atoms with Crippen molar-refractivity contribution in [2.45, 2.75) is 20.0 Å². The Labute approximate surface area is 102 Å². The average molecular weight is 279 g/mol. The lowest BCUT2D eigenvalue weighted by atomic mass is 10.1. The first-order chi connectivity index (χ1) is 6.58. The van der Waals surface area contributed by atoms with Gasteiger partial charge in [0.2, 0.25) is 0 Å². The maximum atomic E-state index is 12.1. The molecule has 1 aliphatic rings. The van der Waals surface area contributed by atoms with Crippen LogP contribution in [0.3, 0.4) is 0 Å². The van der Waals surface area contributed by atoms with Gasteiger partial charge in [-0.3, -0.25) is 4.79 Å². The summed E-state index contributed by atoms with van der Waals surface area (Å²) >= 11 is 5.03. The van der Waals surface area contributed by atoms with Crippen molar-refractivity contribution in [3.05, 3.63) is 11.1 Å². The molecule has 1 aliphatic carbocycles. The van der Waals surface area contributed by atoms with E-state index >= 15 is 0 Å². The van der Waals surface area contributed by atoms with Crippen LogP contribution in [-0.2, 0) is 4.79 Å². The molecule has 1 saturated carbocycles. The fourth-order valence-corrected chi connectivity index (χ4v) is 1.85. The van der Waals surface area contributed by atoms with Crippen LogP contribution >= 0.6 is 24.0 Å². The van der Waals surface area contributed by atoms with E-state index in [4.69, 9.17) is 16.7 Å². The number of carboxylic acids is 1. The molecule has 94 valence electrons. The summed E-state index contributed by atoms with van der Waals surface area (Å²) in [6, 6.07) is 0. The van der Waals surface area contributed by atoms with E-state index in [0.29, 0.717) is 0 Å². The van der Waals surface area contributed by atoms with E-state index in [-0.39, 0.29) is 12.4 Å². The summed E-state index contributed by atoms with van der Waals surface area (Å²) in [7, 11) is 0. The molecule has 0 aliphatic heterocycles. The molecule has 0 spiro atoms. The lowest BCUT2D eigenvalue weighted by molar-refractivity contribution is -0.139. The third-order valence-electron chi connectivity index (χ3n) is 2.77. The molecule has 0 heterocycles. The number of carboxylic acid groups (broad SMARTS) is 1. The van der Waals surface area contributed by atoms with Gasteiger partial charge in [-0.25, -0.2) is 0 Å². The van der Waals surface area contributed by atoms with Gasteiger partial charge in [-0.05, 0) is 11.3 Å². The maximum Gasteiger partial charge on any atom is 0.426 e. The Hall–Kier alpha value is -0.420. The van der Waals surface area contributed by atoms with Crippen molar-refractivity contribution < 1.29 is 23.1 Å². The van der Waals surface area contributed by atoms with Crippen molar-refractivity contribution >= 4 is 30.0 Å². The molecule has 0 aromatic carbocycles. The first-order valence-corrected chi connectivity index (χ1v) is 4.63. The molecular weight excluding hydrogens is 268 g/mol. The van der Waals surface area contributed by atoms with Crippen molar-refractivity contribution in [3.8, 4) is 0 Å². The first-order valence-electron chi connectivity index (χ1n) is 4.26. The van der Waals surface area contributed by atoms with Gasteiger partial charge in [0.15, 0.2) is 0 Å². The zero-order valence-corrected chi connectivity index (χ0v) is 10.1. The zero-order chi connectivity index (χ0) is 12.0. The number of halogens is 5. The molecule has 1 rings (SSSR count). The molecule has 0 aromatic heterocycles. The Bertz CT molecular complexity index is 323. The summed E-state index contributed by atoms with van der Waals surface area (Å²) in [4.78, 5) is 10.7. The molecule has 0 amide bonds. The van der Waals surface area contributed by atoms with E-state index in [1.54, 1.807) is 13.8 Å². The van der Waals surface area contributed by atoms with Crippen LogP contribution in [0.5, 0.6) is 0 Å². The van der Waals surface area contributed by atoms with Crippen LogP contribution in [0.4, 0.5) is 13.2 Å². The standard InChI is InChI=1S/C9H10ClF3O2.ClH/c1-8(2)4(6(8)7(14)15)3-5(10)9(11,12)13;/h3-4,6H,1-2H3,(H,14,15);1H/t4-,6-;/m1./s1. The fourth-order valence-electron chi connectivity index (χ4n) is 1.71. The van der Waals surface area contributed by atoms with E-state index in [1.165, 1.54) is 0 Å². The van der Waals surface area contributed by atoms with Crippen LogP contribution in [-0.4, -0.2) is 17.3 Å². The molecule has 0 unspecified atom stereocenters. The molecule has 0 radical (unpaired) electrons. The Balaban J connectivity index is 0.00000225. The van der Waals surface area contributed by atoms with Gasteiger partial charge in [0.1, 0.15) is 5.03 Å². The van der Waals surface area contributed by atoms with Crippen molar-refractivity contribution in [1.82, 2.24) is 0 Å². The lowest BCUT2D eigenvalue weighted by Crippen LogP contribution is -2.07. The SMILES string of the molecule is CC1(C)[C@H](C=C(Cl)C(F)(F)F)[C@@H]1C(=O)O.Cl. The van der Waals surface area contributed by atoms with Crippen molar-refractivity contribution in [2.75, 3.05) is 0 Å². The number of allylic oxidation sites excluding steroid dienone is 2. The van der Waals surface area contributed by atoms with Crippen LogP contribution in [0.2, 0.25) is 0 Å². The zero-order valence-electron chi connectivity index (χ0n) is 8.51. The summed E-state index contributed by atoms with van der Waals surface area (Å²) in [5, 5.41) is 7.48. The highest BCUT2D eigenvalue weighted by Gasteiger charge is 2.61. The van der Waals surface area contributed by atoms with Gasteiger partial charge < -0.3 is 5.11 Å². The van der Waals surface area contributed by atoms with E-state index in [9.17, 15) is 18.0 Å². The van der Waals surface area contributed by atoms with E-state index in [1.807, 2.05) is 0 Å². The van der Waals surface area contributed by atoms with Crippen LogP contribution in [0.1, 0.15) is 13.8 Å². The molecule has 0 saturated heterocycles. The minimum absolute atomic E-state index is 0. The molecule has 0 aromatic rings. The van der Waals surface area contributed by atoms with Gasteiger partial charge in [0.25, 0.3) is 0 Å². The highest BCUT2D eigenvalue weighted by molar-refractivity contribution is 6.30. The predicted octanol–water partition coefficient (Wildman–Crippen LogP) is 3.45. The van der Waals surface area contributed by atoms with Gasteiger partial charge in [-0.2, -0.15) is 13.2 Å². The second kappa shape index (κ2) is 4.45. The largest absolute Gasteiger partial charge is 0.481 e. The number of hydrogen-bond acceptors (Lipinski definition) is 1. The molecule has 0 bridgehead atoms. The Morgan fingerprint density at radius 2 is 1.88 bits per heavy atom. The quantitative estimate of drug-likeness (QED) is 0.840. The number of carbonyl (C=O) groups is 1. The molecule has 1 N–H and O–H groups in total. The third kappa shape index (κ3) is 2.83. The van der Waals surface area contributed by atoms with Gasteiger partial charge in [-0.15, -0.1) is 12.4 Å². The minimum Gasteiger partial charge on any atom is -0.481 e. The average Bonchev–Trinajstić information content (AvgIpc) is 2.50. The molecule has 2 atom stereocenters. The van der Waals surface area contributed by atoms with E-state index in [0.717, 1.165) is 6.08 Å². The van der Waals surface area contributed by atoms with Crippen LogP contribution in [0.25, 0.3) is 0 Å². The molecule has 1 fully saturated rings. The summed E-state index contributed by atoms with van der Waals surface area (Å²) in [6.45, 7) is 3.21. The second-order valence-corrected chi connectivity index (χ2v) is 4.58. The summed E-state index contributed by atoms with van der Waals surface area (Å²) in [6.07, 6.45) is -3.80. The Morgan fingerprint density at radius 1 is 1.44 bits per heavy atom. The monoisotopic (exact) mass is 278 g/mol. The van der Waals surface area contributed by atoms with Crippen molar-refractivity contribution in [3.63, 3.8) is 0 Å². The van der Waals surface area contributed by atoms with Crippen LogP contribution < -0.4 is 0 Å². The smallest absolute Gasteiger partial charge is 0.426 e. The molecule has 2 nitrogen and oxygen atoms in total. The van der Waals surface area contributed by atoms with Crippen molar-refractivity contribution in [1.29, 1.82) is 0 Å². The number of alkyl halides is 3. The van der Waals surface area contributed by atoms with E-state index < -0.39 is 34.4 Å². The highest BCUT2D eigenvalue weighted by Crippen LogP contribution is 2.60. The summed E-state index contributed by atoms with van der Waals surface area (Å²) < 4.78 is 36.2. The first kappa shape index (κ1) is 15.6. The predicted molar refractivity (Wildman–Crippen MR) is 55.6 cm³/mol. The van der Waals surface area contributed by atoms with Crippen LogP contribution in [0, 0.1) is 17.3 Å². The number of rotatable bonds is 2. The molecular formula is C9H11Cl2F3O2. The number of hydrogen-bond donors (Lipinski definition) is 1. The van der Waals surface area contributed by atoms with Gasteiger partial charge in [0.05, 0.1) is 5.92 Å². The number of aliphatic carboxylic acids is 1. The minimum atomic E-state index is -4.59. The molecule has 16 heavy (non-hydrogen) atoms. The third-order valence-corrected chi connectivity index (χ3v) is 3.11. The Morgan fingerprint density at radius 3 is 2.12 bits per heavy atom. The maximum absolute atomic E-state index is 12.1. The van der Waals surface area contributed by atoms with Crippen molar-refractivity contribution in [2.24, 2.45) is 17.3 Å². The normalized spacial score (nSPS) is 28.2. The fraction of sp³-hybridized carbons (Fsp3) is 0.667. The lowest BCUT2D eigenvalue weighted by Gasteiger charge is -2.04. The highest BCUT2D eigenvalue weighted by atomic mass is 35.5. The summed E-state index contributed by atoms with van der Waals surface area (Å²) in [5.41, 5.74) is -0.656. The second-order valence-electron chi connectivity index (χ2n) is 4.18. The topological polar surface area (TPSA) is 37.3 Å². The Kier molecular flexibility index (Phi) is 4.33. The van der Waals surface area contributed by atoms with Gasteiger partial charge in [0, 0.05) is 0 Å². The summed E-state index contributed by atoms with van der Waals surface area (Å²) in [5.74, 6) is -2.52. The van der Waals surface area contributed by atoms with Gasteiger partial charge >= 0.3 is 12.1 Å². The van der Waals surface area contributed by atoms with E-state index in [2.05, 4.69) is 0 Å².